The summed E-state index contributed by atoms with van der Waals surface area (Å²) in [5.74, 6) is 3.62. The Balaban J connectivity index is 2.11. The molecule has 0 saturated carbocycles. The molecule has 0 spiro atoms. The molecular formula is C12H15FN6O. The summed E-state index contributed by atoms with van der Waals surface area (Å²) in [4.78, 5) is 15.6. The fourth-order valence-electron chi connectivity index (χ4n) is 1.71. The van der Waals surface area contributed by atoms with E-state index in [9.17, 15) is 9.18 Å². The van der Waals surface area contributed by atoms with Crippen molar-refractivity contribution in [1.82, 2.24) is 20.1 Å². The largest absolute Gasteiger partial charge is 0.348 e. The highest BCUT2D eigenvalue weighted by atomic mass is 19.1. The summed E-state index contributed by atoms with van der Waals surface area (Å²) in [6.45, 7) is 2.16. The molecule has 4 N–H and O–H groups in total. The van der Waals surface area contributed by atoms with Crippen LogP contribution >= 0.6 is 0 Å². The molecule has 2 aromatic heterocycles. The van der Waals surface area contributed by atoms with Crippen molar-refractivity contribution in [3.63, 3.8) is 0 Å². The molecule has 0 bridgehead atoms. The molecule has 0 aliphatic carbocycles. The third kappa shape index (κ3) is 2.59. The Bertz CT molecular complexity index is 639. The second-order valence-corrected chi connectivity index (χ2v) is 4.23. The monoisotopic (exact) mass is 278 g/mol. The number of aromatic nitrogens is 3. The minimum Gasteiger partial charge on any atom is -0.348 e. The number of halogens is 1. The van der Waals surface area contributed by atoms with Crippen LogP contribution in [-0.4, -0.2) is 20.7 Å². The highest BCUT2D eigenvalue weighted by Crippen LogP contribution is 2.14. The molecule has 2 aromatic rings. The molecule has 0 saturated heterocycles. The highest BCUT2D eigenvalue weighted by Gasteiger charge is 2.16. The van der Waals surface area contributed by atoms with Crippen molar-refractivity contribution in [1.29, 1.82) is 0 Å². The maximum atomic E-state index is 13.9. The first-order valence-electron chi connectivity index (χ1n) is 5.91. The van der Waals surface area contributed by atoms with E-state index in [0.717, 1.165) is 11.3 Å². The van der Waals surface area contributed by atoms with E-state index in [0.29, 0.717) is 0 Å². The molecule has 20 heavy (non-hydrogen) atoms. The fourth-order valence-corrected chi connectivity index (χ4v) is 1.71. The van der Waals surface area contributed by atoms with Crippen LogP contribution in [-0.2, 0) is 13.6 Å². The van der Waals surface area contributed by atoms with Crippen molar-refractivity contribution in [3.8, 4) is 0 Å². The van der Waals surface area contributed by atoms with E-state index >= 15 is 0 Å². The number of carbonyl (C=O) groups is 1. The van der Waals surface area contributed by atoms with E-state index in [1.165, 1.54) is 12.3 Å². The molecule has 0 aromatic carbocycles. The van der Waals surface area contributed by atoms with E-state index in [1.807, 2.05) is 14.0 Å². The smallest absolute Gasteiger partial charge is 0.254 e. The average Bonchev–Trinajstić information content (AvgIpc) is 2.76. The van der Waals surface area contributed by atoms with Gasteiger partial charge in [-0.2, -0.15) is 5.10 Å². The Hall–Kier alpha value is -2.48. The minimum absolute atomic E-state index is 0.116. The molecule has 8 heteroatoms. The number of nitrogens with two attached hydrogens (primary N) is 1. The Labute approximate surface area is 115 Å². The molecule has 1 amide bonds. The molecule has 2 rings (SSSR count). The van der Waals surface area contributed by atoms with E-state index in [4.69, 9.17) is 5.84 Å². The number of rotatable bonds is 4. The summed E-state index contributed by atoms with van der Waals surface area (Å²) >= 11 is 0. The van der Waals surface area contributed by atoms with E-state index < -0.39 is 11.7 Å². The van der Waals surface area contributed by atoms with Crippen molar-refractivity contribution in [2.24, 2.45) is 12.9 Å². The van der Waals surface area contributed by atoms with Crippen molar-refractivity contribution in [3.05, 3.63) is 41.1 Å². The predicted molar refractivity (Wildman–Crippen MR) is 71.1 cm³/mol. The lowest BCUT2D eigenvalue weighted by Crippen LogP contribution is -2.25. The number of hydrogen-bond acceptors (Lipinski definition) is 5. The van der Waals surface area contributed by atoms with Gasteiger partial charge in [0, 0.05) is 31.0 Å². The van der Waals surface area contributed by atoms with Crippen LogP contribution in [0.25, 0.3) is 0 Å². The van der Waals surface area contributed by atoms with Crippen LogP contribution in [0.5, 0.6) is 0 Å². The third-order valence-corrected chi connectivity index (χ3v) is 3.05. The summed E-state index contributed by atoms with van der Waals surface area (Å²) in [6, 6.07) is 1.29. The number of nitrogens with one attached hydrogen (secondary N) is 2. The molecule has 106 valence electrons. The predicted octanol–water partition coefficient (Wildman–Crippen LogP) is 0.478. The molecule has 2 heterocycles. The minimum atomic E-state index is -0.782. The van der Waals surface area contributed by atoms with Crippen molar-refractivity contribution >= 4 is 11.7 Å². The lowest BCUT2D eigenvalue weighted by molar-refractivity contribution is 0.0947. The van der Waals surface area contributed by atoms with Gasteiger partial charge in [0.2, 0.25) is 0 Å². The molecule has 0 aliphatic heterocycles. The molecule has 0 radical (unpaired) electrons. The van der Waals surface area contributed by atoms with Crippen molar-refractivity contribution in [2.45, 2.75) is 13.5 Å². The number of hydrogen-bond donors (Lipinski definition) is 3. The van der Waals surface area contributed by atoms with Crippen LogP contribution < -0.4 is 16.6 Å². The number of aryl methyl sites for hydroxylation is 1. The van der Waals surface area contributed by atoms with Crippen LogP contribution in [0.1, 0.15) is 21.6 Å². The van der Waals surface area contributed by atoms with Crippen LogP contribution in [0, 0.1) is 12.7 Å². The van der Waals surface area contributed by atoms with Gasteiger partial charge < -0.3 is 10.7 Å². The van der Waals surface area contributed by atoms with Gasteiger partial charge in [0.05, 0.1) is 11.8 Å². The molecule has 0 atom stereocenters. The van der Waals surface area contributed by atoms with E-state index in [1.54, 1.807) is 10.9 Å². The average molecular weight is 278 g/mol. The maximum absolute atomic E-state index is 13.9. The summed E-state index contributed by atoms with van der Waals surface area (Å²) in [5, 5.41) is 6.70. The first kappa shape index (κ1) is 13.9. The fraction of sp³-hybridized carbons (Fsp3) is 0.250. The highest BCUT2D eigenvalue weighted by molar-refractivity contribution is 5.95. The van der Waals surface area contributed by atoms with Crippen molar-refractivity contribution in [2.75, 3.05) is 5.43 Å². The van der Waals surface area contributed by atoms with Gasteiger partial charge in [-0.3, -0.25) is 9.48 Å². The SMILES string of the molecule is Cc1c(CNC(=O)c2ccnc(NN)c2F)cnn1C. The second kappa shape index (κ2) is 5.66. The lowest BCUT2D eigenvalue weighted by atomic mass is 10.2. The van der Waals surface area contributed by atoms with Crippen LogP contribution in [0.4, 0.5) is 10.2 Å². The zero-order valence-electron chi connectivity index (χ0n) is 11.1. The van der Waals surface area contributed by atoms with E-state index in [-0.39, 0.29) is 17.9 Å². The quantitative estimate of drug-likeness (QED) is 0.558. The Morgan fingerprint density at radius 1 is 1.55 bits per heavy atom. The summed E-state index contributed by atoms with van der Waals surface area (Å²) in [7, 11) is 1.81. The number of nitrogens with zero attached hydrogens (tertiary/aromatic N) is 3. The normalized spacial score (nSPS) is 10.4. The number of carbonyl (C=O) groups excluding carboxylic acids is 1. The topological polar surface area (TPSA) is 97.9 Å². The first-order valence-corrected chi connectivity index (χ1v) is 5.91. The standard InChI is InChI=1S/C12H15FN6O/c1-7-8(6-17-19(7)2)5-16-12(20)9-3-4-15-11(18-14)10(9)13/h3-4,6H,5,14H2,1-2H3,(H,15,18)(H,16,20). The number of hydrazine groups is 1. The van der Waals surface area contributed by atoms with E-state index in [2.05, 4.69) is 20.8 Å². The van der Waals surface area contributed by atoms with Crippen LogP contribution in [0.15, 0.2) is 18.5 Å². The zero-order valence-corrected chi connectivity index (χ0v) is 11.1. The Morgan fingerprint density at radius 2 is 2.30 bits per heavy atom. The summed E-state index contributed by atoms with van der Waals surface area (Å²) < 4.78 is 15.5. The lowest BCUT2D eigenvalue weighted by Gasteiger charge is -2.08. The second-order valence-electron chi connectivity index (χ2n) is 4.23. The van der Waals surface area contributed by atoms with Gasteiger partial charge in [-0.25, -0.2) is 15.2 Å². The Morgan fingerprint density at radius 3 is 2.90 bits per heavy atom. The van der Waals surface area contributed by atoms with Gasteiger partial charge in [-0.15, -0.1) is 0 Å². The van der Waals surface area contributed by atoms with Gasteiger partial charge in [0.15, 0.2) is 11.6 Å². The van der Waals surface area contributed by atoms with Gasteiger partial charge >= 0.3 is 0 Å². The zero-order chi connectivity index (χ0) is 14.7. The van der Waals surface area contributed by atoms with Gasteiger partial charge in [-0.1, -0.05) is 0 Å². The first-order chi connectivity index (χ1) is 9.54. The molecule has 0 unspecified atom stereocenters. The van der Waals surface area contributed by atoms with Gasteiger partial charge in [-0.05, 0) is 13.0 Å². The van der Waals surface area contributed by atoms with Crippen LogP contribution in [0.3, 0.4) is 0 Å². The molecular weight excluding hydrogens is 263 g/mol. The number of anilines is 1. The number of nitrogen functional groups attached to an aromatic ring is 1. The molecule has 0 fully saturated rings. The van der Waals surface area contributed by atoms with Gasteiger partial charge in [0.1, 0.15) is 0 Å². The maximum Gasteiger partial charge on any atom is 0.254 e. The van der Waals surface area contributed by atoms with Crippen molar-refractivity contribution < 1.29 is 9.18 Å². The summed E-state index contributed by atoms with van der Waals surface area (Å²) in [6.07, 6.45) is 2.97. The summed E-state index contributed by atoms with van der Waals surface area (Å²) in [5.41, 5.74) is 3.78. The molecule has 7 nitrogen and oxygen atoms in total. The Kier molecular flexibility index (Phi) is 3.94. The third-order valence-electron chi connectivity index (χ3n) is 3.05. The molecule has 0 aliphatic rings. The van der Waals surface area contributed by atoms with Crippen LogP contribution in [0.2, 0.25) is 0 Å². The number of amides is 1. The number of pyridine rings is 1. The van der Waals surface area contributed by atoms with Gasteiger partial charge in [0.25, 0.3) is 5.91 Å².